The Morgan fingerprint density at radius 3 is 2.84 bits per heavy atom. The number of aromatic nitrogens is 2. The van der Waals surface area contributed by atoms with Gasteiger partial charge in [0.15, 0.2) is 5.82 Å². The van der Waals surface area contributed by atoms with E-state index in [-0.39, 0.29) is 12.4 Å². The number of ether oxygens (including phenoxy) is 1. The molecule has 0 aliphatic carbocycles. The van der Waals surface area contributed by atoms with Crippen LogP contribution in [-0.2, 0) is 11.3 Å². The number of hydrogen-bond acceptors (Lipinski definition) is 5. The Morgan fingerprint density at radius 1 is 1.32 bits per heavy atom. The van der Waals surface area contributed by atoms with Crippen LogP contribution >= 0.6 is 0 Å². The molecule has 100 valence electrons. The van der Waals surface area contributed by atoms with Gasteiger partial charge in [-0.25, -0.2) is 14.4 Å². The van der Waals surface area contributed by atoms with E-state index in [1.165, 1.54) is 12.1 Å². The third kappa shape index (κ3) is 3.38. The smallest absolute Gasteiger partial charge is 0.158 e. The van der Waals surface area contributed by atoms with Crippen molar-refractivity contribution < 1.29 is 9.13 Å². The molecule has 0 unspecified atom stereocenters. The third-order valence-electron chi connectivity index (χ3n) is 2.53. The molecule has 1 aromatic carbocycles. The molecule has 0 aliphatic heterocycles. The van der Waals surface area contributed by atoms with Gasteiger partial charge in [-0.3, -0.25) is 0 Å². The summed E-state index contributed by atoms with van der Waals surface area (Å²) in [5.74, 6) is 0.998. The van der Waals surface area contributed by atoms with Crippen LogP contribution in [0.4, 0.5) is 21.7 Å². The summed E-state index contributed by atoms with van der Waals surface area (Å²) in [5.41, 5.74) is 7.24. The number of benzene rings is 1. The summed E-state index contributed by atoms with van der Waals surface area (Å²) < 4.78 is 18.2. The maximum absolute atomic E-state index is 13.2. The Bertz CT molecular complexity index is 589. The van der Waals surface area contributed by atoms with Crippen molar-refractivity contribution in [2.24, 2.45) is 0 Å². The summed E-state index contributed by atoms with van der Waals surface area (Å²) in [6.45, 7) is 2.14. The van der Waals surface area contributed by atoms with E-state index in [9.17, 15) is 4.39 Å². The number of halogens is 1. The lowest BCUT2D eigenvalue weighted by Gasteiger charge is -2.10. The summed E-state index contributed by atoms with van der Waals surface area (Å²) in [5, 5.41) is 3.03. The maximum Gasteiger partial charge on any atom is 0.158 e. The molecule has 0 saturated carbocycles. The summed E-state index contributed by atoms with van der Waals surface area (Å²) in [4.78, 5) is 8.27. The molecule has 3 N–H and O–H groups in total. The largest absolute Gasteiger partial charge is 0.384 e. The van der Waals surface area contributed by atoms with Crippen molar-refractivity contribution >= 4 is 17.3 Å². The monoisotopic (exact) mass is 262 g/mol. The van der Waals surface area contributed by atoms with Crippen molar-refractivity contribution in [1.29, 1.82) is 0 Å². The molecule has 0 saturated heterocycles. The molecule has 0 radical (unpaired) electrons. The Morgan fingerprint density at radius 2 is 2.11 bits per heavy atom. The summed E-state index contributed by atoms with van der Waals surface area (Å²) in [6, 6.07) is 6.09. The highest BCUT2D eigenvalue weighted by Gasteiger charge is 2.05. The van der Waals surface area contributed by atoms with Gasteiger partial charge in [0, 0.05) is 18.9 Å². The predicted molar refractivity (Wildman–Crippen MR) is 71.6 cm³/mol. The van der Waals surface area contributed by atoms with Gasteiger partial charge in [0.05, 0.1) is 0 Å². The highest BCUT2D eigenvalue weighted by Crippen LogP contribution is 2.21. The highest BCUT2D eigenvalue weighted by molar-refractivity contribution is 5.61. The van der Waals surface area contributed by atoms with Gasteiger partial charge in [-0.2, -0.15) is 0 Å². The fraction of sp³-hybridized carbons (Fsp3) is 0.231. The number of nitrogen functional groups attached to an aromatic ring is 1. The van der Waals surface area contributed by atoms with Crippen LogP contribution in [0.1, 0.15) is 11.4 Å². The molecule has 1 heterocycles. The van der Waals surface area contributed by atoms with Crippen LogP contribution in [0.3, 0.4) is 0 Å². The first-order valence-electron chi connectivity index (χ1n) is 5.74. The summed E-state index contributed by atoms with van der Waals surface area (Å²) in [7, 11) is 1.55. The molecule has 0 aliphatic rings. The first-order chi connectivity index (χ1) is 9.08. The van der Waals surface area contributed by atoms with Gasteiger partial charge in [-0.15, -0.1) is 0 Å². The van der Waals surface area contributed by atoms with Crippen molar-refractivity contribution in [2.45, 2.75) is 13.5 Å². The Hall–Kier alpha value is -2.21. The van der Waals surface area contributed by atoms with Crippen LogP contribution in [0, 0.1) is 12.7 Å². The van der Waals surface area contributed by atoms with E-state index in [0.29, 0.717) is 23.1 Å². The number of methoxy groups -OCH3 is 1. The molecule has 2 rings (SSSR count). The summed E-state index contributed by atoms with van der Waals surface area (Å²) in [6.07, 6.45) is 0. The Labute approximate surface area is 110 Å². The zero-order valence-corrected chi connectivity index (χ0v) is 10.8. The normalized spacial score (nSPS) is 10.5. The van der Waals surface area contributed by atoms with Gasteiger partial charge in [0.1, 0.15) is 24.1 Å². The molecule has 0 fully saturated rings. The first kappa shape index (κ1) is 13.2. The van der Waals surface area contributed by atoms with E-state index < -0.39 is 0 Å². The lowest BCUT2D eigenvalue weighted by atomic mass is 10.2. The highest BCUT2D eigenvalue weighted by atomic mass is 19.1. The molecule has 5 nitrogen and oxygen atoms in total. The minimum atomic E-state index is -0.313. The van der Waals surface area contributed by atoms with E-state index in [1.807, 2.05) is 6.92 Å². The van der Waals surface area contributed by atoms with Crippen LogP contribution < -0.4 is 11.1 Å². The molecule has 2 aromatic rings. The molecule has 0 amide bonds. The molecular weight excluding hydrogens is 247 g/mol. The Kier molecular flexibility index (Phi) is 3.91. The van der Waals surface area contributed by atoms with Crippen LogP contribution in [-0.4, -0.2) is 17.1 Å². The molecule has 1 aromatic heterocycles. The quantitative estimate of drug-likeness (QED) is 0.885. The number of anilines is 3. The molecule has 0 bridgehead atoms. The molecule has 0 spiro atoms. The number of rotatable bonds is 4. The minimum Gasteiger partial charge on any atom is -0.384 e. The van der Waals surface area contributed by atoms with E-state index in [0.717, 1.165) is 5.56 Å². The van der Waals surface area contributed by atoms with Gasteiger partial charge in [-0.05, 0) is 24.6 Å². The lowest BCUT2D eigenvalue weighted by Crippen LogP contribution is -2.05. The second kappa shape index (κ2) is 5.62. The number of nitrogens with two attached hydrogens (primary N) is 1. The fourth-order valence-corrected chi connectivity index (χ4v) is 1.64. The minimum absolute atomic E-state index is 0.266. The van der Waals surface area contributed by atoms with Crippen molar-refractivity contribution in [3.63, 3.8) is 0 Å². The van der Waals surface area contributed by atoms with Crippen molar-refractivity contribution in [3.8, 4) is 0 Å². The molecule has 6 heteroatoms. The fourth-order valence-electron chi connectivity index (χ4n) is 1.64. The molecule has 0 atom stereocenters. The second-order valence-electron chi connectivity index (χ2n) is 4.11. The number of nitrogens with zero attached hydrogens (tertiary/aromatic N) is 2. The number of aryl methyl sites for hydroxylation is 1. The SMILES string of the molecule is COCc1nc(N)cc(Nc2cc(F)ccc2C)n1. The second-order valence-corrected chi connectivity index (χ2v) is 4.11. The van der Waals surface area contributed by atoms with Gasteiger partial charge in [0.25, 0.3) is 0 Å². The van der Waals surface area contributed by atoms with E-state index >= 15 is 0 Å². The van der Waals surface area contributed by atoms with E-state index in [1.54, 1.807) is 19.2 Å². The number of hydrogen-bond donors (Lipinski definition) is 2. The average molecular weight is 262 g/mol. The first-order valence-corrected chi connectivity index (χ1v) is 5.74. The zero-order valence-electron chi connectivity index (χ0n) is 10.8. The van der Waals surface area contributed by atoms with Gasteiger partial charge < -0.3 is 15.8 Å². The van der Waals surface area contributed by atoms with E-state index in [2.05, 4.69) is 15.3 Å². The van der Waals surface area contributed by atoms with Crippen LogP contribution in [0.2, 0.25) is 0 Å². The lowest BCUT2D eigenvalue weighted by molar-refractivity contribution is 0.178. The van der Waals surface area contributed by atoms with Crippen molar-refractivity contribution in [3.05, 3.63) is 41.5 Å². The topological polar surface area (TPSA) is 73.1 Å². The van der Waals surface area contributed by atoms with Crippen LogP contribution in [0.25, 0.3) is 0 Å². The Balaban J connectivity index is 2.29. The van der Waals surface area contributed by atoms with Crippen molar-refractivity contribution in [2.75, 3.05) is 18.2 Å². The summed E-state index contributed by atoms with van der Waals surface area (Å²) >= 11 is 0. The van der Waals surface area contributed by atoms with Gasteiger partial charge in [0.2, 0.25) is 0 Å². The van der Waals surface area contributed by atoms with Crippen molar-refractivity contribution in [1.82, 2.24) is 9.97 Å². The molecular formula is C13H15FN4O. The van der Waals surface area contributed by atoms with Gasteiger partial charge in [-0.1, -0.05) is 6.07 Å². The molecule has 19 heavy (non-hydrogen) atoms. The third-order valence-corrected chi connectivity index (χ3v) is 2.53. The zero-order chi connectivity index (χ0) is 13.8. The predicted octanol–water partition coefficient (Wildman–Crippen LogP) is 2.40. The van der Waals surface area contributed by atoms with Gasteiger partial charge >= 0.3 is 0 Å². The van der Waals surface area contributed by atoms with Crippen LogP contribution in [0.5, 0.6) is 0 Å². The number of nitrogens with one attached hydrogen (secondary N) is 1. The maximum atomic E-state index is 13.2. The standard InChI is InChI=1S/C13H15FN4O/c1-8-3-4-9(14)5-10(8)16-12-6-11(15)17-13(18-12)7-19-2/h3-6H,7H2,1-2H3,(H3,15,16,17,18). The van der Waals surface area contributed by atoms with E-state index in [4.69, 9.17) is 10.5 Å². The average Bonchev–Trinajstić information content (AvgIpc) is 2.33. The van der Waals surface area contributed by atoms with Crippen LogP contribution in [0.15, 0.2) is 24.3 Å².